The van der Waals surface area contributed by atoms with E-state index >= 15 is 0 Å². The van der Waals surface area contributed by atoms with Crippen molar-refractivity contribution in [3.63, 3.8) is 0 Å². The molecular formula is C26H29N3O6. The van der Waals surface area contributed by atoms with Crippen molar-refractivity contribution in [1.82, 2.24) is 9.88 Å². The molecule has 3 rings (SSSR count). The Balaban J connectivity index is 1.87. The molecule has 9 nitrogen and oxygen atoms in total. The fourth-order valence-corrected chi connectivity index (χ4v) is 3.58. The molecule has 9 heteroatoms. The van der Waals surface area contributed by atoms with Gasteiger partial charge in [-0.05, 0) is 56.7 Å². The van der Waals surface area contributed by atoms with Gasteiger partial charge < -0.3 is 20.1 Å². The molecule has 1 atom stereocenters. The van der Waals surface area contributed by atoms with Crippen molar-refractivity contribution in [2.45, 2.75) is 45.8 Å². The van der Waals surface area contributed by atoms with Crippen LogP contribution in [0.15, 0.2) is 54.7 Å². The SMILES string of the molecule is COC(=O)[C@H](Cc1cn(C(=O)OC(C)(C)C)c2ccccc12)NC(=O)c1ccc(NC(C)=O)cc1. The molecule has 0 spiro atoms. The van der Waals surface area contributed by atoms with Crippen LogP contribution in [0.25, 0.3) is 10.9 Å². The summed E-state index contributed by atoms with van der Waals surface area (Å²) in [6, 6.07) is 12.5. The van der Waals surface area contributed by atoms with Crippen molar-refractivity contribution in [3.8, 4) is 0 Å². The smallest absolute Gasteiger partial charge is 0.419 e. The maximum absolute atomic E-state index is 12.8. The van der Waals surface area contributed by atoms with Crippen molar-refractivity contribution >= 4 is 40.5 Å². The summed E-state index contributed by atoms with van der Waals surface area (Å²) in [5.74, 6) is -1.33. The van der Waals surface area contributed by atoms with Crippen molar-refractivity contribution in [3.05, 3.63) is 65.9 Å². The first-order valence-electron chi connectivity index (χ1n) is 11.1. The van der Waals surface area contributed by atoms with Crippen LogP contribution in [0.5, 0.6) is 0 Å². The second kappa shape index (κ2) is 10.4. The fourth-order valence-electron chi connectivity index (χ4n) is 3.58. The Kier molecular flexibility index (Phi) is 7.58. The number of benzene rings is 2. The summed E-state index contributed by atoms with van der Waals surface area (Å²) >= 11 is 0. The van der Waals surface area contributed by atoms with Crippen molar-refractivity contribution in [2.75, 3.05) is 12.4 Å². The number of hydrogen-bond acceptors (Lipinski definition) is 6. The predicted molar refractivity (Wildman–Crippen MR) is 131 cm³/mol. The fraction of sp³-hybridized carbons (Fsp3) is 0.308. The predicted octanol–water partition coefficient (Wildman–Crippen LogP) is 3.90. The third-order valence-electron chi connectivity index (χ3n) is 5.07. The number of nitrogens with one attached hydrogen (secondary N) is 2. The summed E-state index contributed by atoms with van der Waals surface area (Å²) < 4.78 is 11.8. The minimum Gasteiger partial charge on any atom is -0.467 e. The zero-order chi connectivity index (χ0) is 25.8. The Bertz CT molecular complexity index is 1250. The summed E-state index contributed by atoms with van der Waals surface area (Å²) in [6.45, 7) is 6.73. The minimum absolute atomic E-state index is 0.0959. The number of hydrogen-bond donors (Lipinski definition) is 2. The molecule has 0 radical (unpaired) electrons. The van der Waals surface area contributed by atoms with Gasteiger partial charge in [0.2, 0.25) is 5.91 Å². The lowest BCUT2D eigenvalue weighted by Gasteiger charge is -2.19. The van der Waals surface area contributed by atoms with Gasteiger partial charge in [0.1, 0.15) is 11.6 Å². The van der Waals surface area contributed by atoms with Gasteiger partial charge in [-0.2, -0.15) is 0 Å². The van der Waals surface area contributed by atoms with Crippen LogP contribution < -0.4 is 10.6 Å². The Hall–Kier alpha value is -4.14. The monoisotopic (exact) mass is 479 g/mol. The first-order valence-corrected chi connectivity index (χ1v) is 11.1. The van der Waals surface area contributed by atoms with E-state index in [4.69, 9.17) is 9.47 Å². The van der Waals surface area contributed by atoms with Gasteiger partial charge >= 0.3 is 12.1 Å². The van der Waals surface area contributed by atoms with Crippen LogP contribution in [0, 0.1) is 0 Å². The van der Waals surface area contributed by atoms with Crippen LogP contribution in [0.4, 0.5) is 10.5 Å². The number of para-hydroxylation sites is 1. The van der Waals surface area contributed by atoms with Gasteiger partial charge in [0.15, 0.2) is 0 Å². The van der Waals surface area contributed by atoms with E-state index in [0.29, 0.717) is 22.3 Å². The van der Waals surface area contributed by atoms with Crippen LogP contribution in [0.2, 0.25) is 0 Å². The van der Waals surface area contributed by atoms with Gasteiger partial charge in [-0.1, -0.05) is 18.2 Å². The average molecular weight is 480 g/mol. The first kappa shape index (κ1) is 25.5. The van der Waals surface area contributed by atoms with Gasteiger partial charge in [0, 0.05) is 36.2 Å². The highest BCUT2D eigenvalue weighted by molar-refractivity contribution is 5.98. The Morgan fingerprint density at radius 1 is 1.00 bits per heavy atom. The topological polar surface area (TPSA) is 116 Å². The number of ether oxygens (including phenoxy) is 2. The molecule has 0 aliphatic carbocycles. The van der Waals surface area contributed by atoms with E-state index in [0.717, 1.165) is 5.39 Å². The molecule has 0 saturated heterocycles. The number of methoxy groups -OCH3 is 1. The van der Waals surface area contributed by atoms with Crippen LogP contribution in [0.1, 0.15) is 43.6 Å². The molecule has 1 heterocycles. The highest BCUT2D eigenvalue weighted by atomic mass is 16.6. The Morgan fingerprint density at radius 2 is 1.66 bits per heavy atom. The molecule has 3 aromatic rings. The molecule has 0 aliphatic rings. The van der Waals surface area contributed by atoms with E-state index in [9.17, 15) is 19.2 Å². The second-order valence-electron chi connectivity index (χ2n) is 9.03. The highest BCUT2D eigenvalue weighted by Gasteiger charge is 2.26. The van der Waals surface area contributed by atoms with E-state index < -0.39 is 29.6 Å². The molecule has 0 aliphatic heterocycles. The van der Waals surface area contributed by atoms with Crippen molar-refractivity contribution < 1.29 is 28.7 Å². The summed E-state index contributed by atoms with van der Waals surface area (Å²) in [4.78, 5) is 49.4. The molecule has 2 N–H and O–H groups in total. The summed E-state index contributed by atoms with van der Waals surface area (Å²) in [5.41, 5.74) is 1.47. The maximum Gasteiger partial charge on any atom is 0.419 e. The van der Waals surface area contributed by atoms with E-state index in [2.05, 4.69) is 10.6 Å². The molecule has 0 bridgehead atoms. The van der Waals surface area contributed by atoms with Gasteiger partial charge in [-0.3, -0.25) is 14.2 Å². The van der Waals surface area contributed by atoms with Crippen LogP contribution >= 0.6 is 0 Å². The van der Waals surface area contributed by atoms with Gasteiger partial charge in [0.05, 0.1) is 12.6 Å². The first-order chi connectivity index (χ1) is 16.5. The number of nitrogens with zero attached hydrogens (tertiary/aromatic N) is 1. The second-order valence-corrected chi connectivity index (χ2v) is 9.03. The number of amides is 2. The summed E-state index contributed by atoms with van der Waals surface area (Å²) in [7, 11) is 1.24. The number of carbonyl (C=O) groups is 4. The zero-order valence-corrected chi connectivity index (χ0v) is 20.4. The van der Waals surface area contributed by atoms with E-state index in [-0.39, 0.29) is 12.3 Å². The highest BCUT2D eigenvalue weighted by Crippen LogP contribution is 2.24. The minimum atomic E-state index is -1.000. The number of aromatic nitrogens is 1. The molecule has 0 fully saturated rings. The number of fused-ring (bicyclic) bond motifs is 1. The number of carbonyl (C=O) groups excluding carboxylic acids is 4. The Morgan fingerprint density at radius 3 is 2.26 bits per heavy atom. The lowest BCUT2D eigenvalue weighted by molar-refractivity contribution is -0.142. The van der Waals surface area contributed by atoms with Crippen molar-refractivity contribution in [1.29, 1.82) is 0 Å². The molecule has 184 valence electrons. The van der Waals surface area contributed by atoms with Crippen molar-refractivity contribution in [2.24, 2.45) is 0 Å². The molecule has 0 saturated carbocycles. The Labute approximate surface area is 203 Å². The molecular weight excluding hydrogens is 450 g/mol. The lowest BCUT2D eigenvalue weighted by Crippen LogP contribution is -2.43. The van der Waals surface area contributed by atoms with E-state index in [1.807, 2.05) is 12.1 Å². The van der Waals surface area contributed by atoms with Gasteiger partial charge in [0.25, 0.3) is 5.91 Å². The maximum atomic E-state index is 12.8. The lowest BCUT2D eigenvalue weighted by atomic mass is 10.0. The molecule has 2 aromatic carbocycles. The zero-order valence-electron chi connectivity index (χ0n) is 20.4. The molecule has 0 unspecified atom stereocenters. The summed E-state index contributed by atoms with van der Waals surface area (Å²) in [6.07, 6.45) is 1.17. The van der Waals surface area contributed by atoms with Crippen LogP contribution in [-0.4, -0.2) is 47.2 Å². The van der Waals surface area contributed by atoms with E-state index in [1.165, 1.54) is 18.6 Å². The van der Waals surface area contributed by atoms with Gasteiger partial charge in [-0.25, -0.2) is 9.59 Å². The normalized spacial score (nSPS) is 12.0. The largest absolute Gasteiger partial charge is 0.467 e. The number of rotatable bonds is 6. The number of anilines is 1. The number of esters is 1. The van der Waals surface area contributed by atoms with Crippen LogP contribution in [-0.2, 0) is 25.5 Å². The third kappa shape index (κ3) is 6.47. The standard InChI is InChI=1S/C26H29N3O6/c1-16(30)27-19-12-10-17(11-13-19)23(31)28-21(24(32)34-5)14-18-15-29(25(33)35-26(2,3)4)22-9-7-6-8-20(18)22/h6-13,15,21H,14H2,1-5H3,(H,27,30)(H,28,31)/t21-/m0/s1. The van der Waals surface area contributed by atoms with E-state index in [1.54, 1.807) is 63.4 Å². The third-order valence-corrected chi connectivity index (χ3v) is 5.07. The average Bonchev–Trinajstić information content (AvgIpc) is 3.15. The van der Waals surface area contributed by atoms with Gasteiger partial charge in [-0.15, -0.1) is 0 Å². The molecule has 1 aromatic heterocycles. The quantitative estimate of drug-likeness (QED) is 0.518. The summed E-state index contributed by atoms with van der Waals surface area (Å²) in [5, 5.41) is 6.09. The van der Waals surface area contributed by atoms with Crippen LogP contribution in [0.3, 0.4) is 0 Å². The molecule has 35 heavy (non-hydrogen) atoms. The molecule has 2 amide bonds.